The molecule has 0 spiro atoms. The van der Waals surface area contributed by atoms with Gasteiger partial charge in [-0.25, -0.2) is 0 Å². The highest BCUT2D eigenvalue weighted by atomic mass is 32.2. The van der Waals surface area contributed by atoms with Gasteiger partial charge in [0.1, 0.15) is 5.69 Å². The predicted octanol–water partition coefficient (Wildman–Crippen LogP) is 1.87. The van der Waals surface area contributed by atoms with Gasteiger partial charge in [0.05, 0.1) is 0 Å². The molecule has 0 atom stereocenters. The maximum atomic E-state index is 12.3. The summed E-state index contributed by atoms with van der Waals surface area (Å²) in [5.41, 5.74) is 1.28. The molecule has 17 heavy (non-hydrogen) atoms. The maximum Gasteiger partial charge on any atom is 0.297 e. The molecule has 1 heterocycles. The van der Waals surface area contributed by atoms with Crippen molar-refractivity contribution in [3.63, 3.8) is 0 Å². The Morgan fingerprint density at radius 3 is 2.59 bits per heavy atom. The first-order valence-corrected chi connectivity index (χ1v) is 6.91. The largest absolute Gasteiger partial charge is 0.297 e. The van der Waals surface area contributed by atoms with Crippen molar-refractivity contribution in [1.82, 2.24) is 14.9 Å². The number of nitrogens with zero attached hydrogens (tertiary/aromatic N) is 4. The molecule has 0 radical (unpaired) electrons. The van der Waals surface area contributed by atoms with Crippen LogP contribution >= 0.6 is 11.8 Å². The van der Waals surface area contributed by atoms with Crippen molar-refractivity contribution in [2.24, 2.45) is 5.10 Å². The quantitative estimate of drug-likeness (QED) is 0.608. The minimum absolute atomic E-state index is 0.116. The lowest BCUT2D eigenvalue weighted by molar-refractivity contribution is 0.395. The van der Waals surface area contributed by atoms with Gasteiger partial charge in [-0.3, -0.25) is 4.79 Å². The molecule has 0 amide bonds. The van der Waals surface area contributed by atoms with E-state index >= 15 is 0 Å². The number of thioether (sulfide) groups is 1. The third kappa shape index (κ3) is 2.41. The van der Waals surface area contributed by atoms with E-state index in [4.69, 9.17) is 0 Å². The summed E-state index contributed by atoms with van der Waals surface area (Å²) >= 11 is 1.38. The molecule has 6 heteroatoms. The Bertz CT molecular complexity index is 501. The van der Waals surface area contributed by atoms with Crippen LogP contribution in [-0.4, -0.2) is 26.8 Å². The van der Waals surface area contributed by atoms with Crippen molar-refractivity contribution in [3.05, 3.63) is 16.0 Å². The van der Waals surface area contributed by atoms with Crippen LogP contribution in [0.5, 0.6) is 0 Å². The predicted molar refractivity (Wildman–Crippen MR) is 68.8 cm³/mol. The average Bonchev–Trinajstić information content (AvgIpc) is 2.21. The van der Waals surface area contributed by atoms with Crippen LogP contribution in [0.4, 0.5) is 0 Å². The van der Waals surface area contributed by atoms with Crippen molar-refractivity contribution in [3.8, 4) is 0 Å². The monoisotopic (exact) mass is 252 g/mol. The number of hydrogen-bond donors (Lipinski definition) is 0. The van der Waals surface area contributed by atoms with Crippen LogP contribution in [0.2, 0.25) is 0 Å². The summed E-state index contributed by atoms with van der Waals surface area (Å²) < 4.78 is 1.38. The van der Waals surface area contributed by atoms with Gasteiger partial charge in [-0.05, 0) is 32.9 Å². The first kappa shape index (κ1) is 12.3. The Hall–Kier alpha value is -1.17. The minimum Gasteiger partial charge on any atom is -0.265 e. The number of aromatic nitrogens is 3. The lowest BCUT2D eigenvalue weighted by atomic mass is 9.83. The third-order valence-corrected chi connectivity index (χ3v) is 3.43. The molecule has 2 rings (SSSR count). The molecule has 0 saturated heterocycles. The van der Waals surface area contributed by atoms with E-state index in [9.17, 15) is 4.79 Å². The van der Waals surface area contributed by atoms with Crippen molar-refractivity contribution < 1.29 is 0 Å². The van der Waals surface area contributed by atoms with Gasteiger partial charge in [0, 0.05) is 11.6 Å². The van der Waals surface area contributed by atoms with Crippen LogP contribution in [0, 0.1) is 0 Å². The van der Waals surface area contributed by atoms with Crippen LogP contribution in [0.1, 0.15) is 44.7 Å². The SMILES string of the molecule is CSc1nnc(C2CCC2)c(=O)n1N=C(C)C. The normalized spacial score (nSPS) is 15.5. The molecule has 5 nitrogen and oxygen atoms in total. The summed E-state index contributed by atoms with van der Waals surface area (Å²) in [6, 6.07) is 0. The zero-order valence-corrected chi connectivity index (χ0v) is 11.1. The van der Waals surface area contributed by atoms with Crippen LogP contribution < -0.4 is 5.56 Å². The maximum absolute atomic E-state index is 12.3. The van der Waals surface area contributed by atoms with E-state index in [0.29, 0.717) is 10.9 Å². The van der Waals surface area contributed by atoms with E-state index < -0.39 is 0 Å². The average molecular weight is 252 g/mol. The van der Waals surface area contributed by atoms with Crippen molar-refractivity contribution in [1.29, 1.82) is 0 Å². The van der Waals surface area contributed by atoms with Gasteiger partial charge in [0.25, 0.3) is 5.56 Å². The molecular formula is C11H16N4OS. The second-order valence-electron chi connectivity index (χ2n) is 4.36. The zero-order chi connectivity index (χ0) is 12.4. The Balaban J connectivity index is 2.52. The second-order valence-corrected chi connectivity index (χ2v) is 5.14. The van der Waals surface area contributed by atoms with Gasteiger partial charge in [0.2, 0.25) is 5.16 Å². The fourth-order valence-corrected chi connectivity index (χ4v) is 2.15. The first-order valence-electron chi connectivity index (χ1n) is 5.69. The molecule has 0 bridgehead atoms. The summed E-state index contributed by atoms with van der Waals surface area (Å²) in [5, 5.41) is 12.9. The van der Waals surface area contributed by atoms with E-state index in [2.05, 4.69) is 15.3 Å². The molecule has 1 aromatic heterocycles. The van der Waals surface area contributed by atoms with Gasteiger partial charge in [0.15, 0.2) is 0 Å². The standard InChI is InChI=1S/C11H16N4OS/c1-7(2)14-15-10(16)9(8-5-4-6-8)12-13-11(15)17-3/h8H,4-6H2,1-3H3. The van der Waals surface area contributed by atoms with Gasteiger partial charge >= 0.3 is 0 Å². The van der Waals surface area contributed by atoms with Crippen LogP contribution in [0.15, 0.2) is 15.1 Å². The lowest BCUT2D eigenvalue weighted by Gasteiger charge is -2.23. The van der Waals surface area contributed by atoms with Crippen LogP contribution in [0.25, 0.3) is 0 Å². The molecule has 0 N–H and O–H groups in total. The Morgan fingerprint density at radius 2 is 2.12 bits per heavy atom. The lowest BCUT2D eigenvalue weighted by Crippen LogP contribution is -2.30. The Morgan fingerprint density at radius 1 is 1.41 bits per heavy atom. The van der Waals surface area contributed by atoms with Gasteiger partial charge in [-0.1, -0.05) is 18.2 Å². The highest BCUT2D eigenvalue weighted by molar-refractivity contribution is 7.98. The minimum atomic E-state index is -0.116. The van der Waals surface area contributed by atoms with E-state index in [1.165, 1.54) is 22.9 Å². The zero-order valence-electron chi connectivity index (χ0n) is 10.3. The van der Waals surface area contributed by atoms with Crippen LogP contribution in [0.3, 0.4) is 0 Å². The van der Waals surface area contributed by atoms with Crippen molar-refractivity contribution in [2.45, 2.75) is 44.2 Å². The molecular weight excluding hydrogens is 236 g/mol. The van der Waals surface area contributed by atoms with Gasteiger partial charge in [-0.15, -0.1) is 10.2 Å². The van der Waals surface area contributed by atoms with E-state index in [0.717, 1.165) is 18.6 Å². The van der Waals surface area contributed by atoms with Gasteiger partial charge < -0.3 is 0 Å². The first-order chi connectivity index (χ1) is 8.13. The molecule has 1 saturated carbocycles. The molecule has 1 aliphatic carbocycles. The van der Waals surface area contributed by atoms with E-state index in [-0.39, 0.29) is 11.5 Å². The smallest absolute Gasteiger partial charge is 0.265 e. The van der Waals surface area contributed by atoms with Gasteiger partial charge in [-0.2, -0.15) is 9.78 Å². The molecule has 92 valence electrons. The van der Waals surface area contributed by atoms with Crippen molar-refractivity contribution >= 4 is 17.5 Å². The number of hydrogen-bond acceptors (Lipinski definition) is 5. The Kier molecular flexibility index (Phi) is 3.61. The molecule has 0 aromatic carbocycles. The Labute approximate surface area is 104 Å². The molecule has 0 unspecified atom stereocenters. The highest BCUT2D eigenvalue weighted by Crippen LogP contribution is 2.33. The summed E-state index contributed by atoms with van der Waals surface area (Å²) in [4.78, 5) is 12.3. The highest BCUT2D eigenvalue weighted by Gasteiger charge is 2.26. The van der Waals surface area contributed by atoms with E-state index in [1.807, 2.05) is 20.1 Å². The van der Waals surface area contributed by atoms with Crippen LogP contribution in [-0.2, 0) is 0 Å². The number of rotatable bonds is 3. The summed E-state index contributed by atoms with van der Waals surface area (Å²) in [7, 11) is 0. The molecule has 1 fully saturated rings. The second kappa shape index (κ2) is 5.00. The van der Waals surface area contributed by atoms with E-state index in [1.54, 1.807) is 0 Å². The van der Waals surface area contributed by atoms with Crippen molar-refractivity contribution in [2.75, 3.05) is 6.26 Å². The summed E-state index contributed by atoms with van der Waals surface area (Å²) in [6.07, 6.45) is 5.12. The third-order valence-electron chi connectivity index (χ3n) is 2.81. The fourth-order valence-electron chi connectivity index (χ4n) is 1.73. The fraction of sp³-hybridized carbons (Fsp3) is 0.636. The molecule has 1 aliphatic rings. The topological polar surface area (TPSA) is 60.1 Å². The molecule has 1 aromatic rings. The molecule has 0 aliphatic heterocycles. The summed E-state index contributed by atoms with van der Waals surface area (Å²) in [5.74, 6) is 0.282. The summed E-state index contributed by atoms with van der Waals surface area (Å²) in [6.45, 7) is 3.72.